The quantitative estimate of drug-likeness (QED) is 0.409. The van der Waals surface area contributed by atoms with Crippen LogP contribution in [0.4, 0.5) is 0 Å². The molecule has 1 amide bonds. The number of aryl methyl sites for hydroxylation is 2. The summed E-state index contributed by atoms with van der Waals surface area (Å²) < 4.78 is 32.4. The second-order valence-electron chi connectivity index (χ2n) is 7.88. The molecule has 2 aromatic heterocycles. The summed E-state index contributed by atoms with van der Waals surface area (Å²) in [4.78, 5) is 12.2. The SMILES string of the molecule is CCCCCNS(=O)(=O)NC(=O)CCCc1c(C)nn(C)c1-n1ccc2cc(Cl)ccc21. The number of nitrogens with zero attached hydrogens (tertiary/aromatic N) is 3. The Morgan fingerprint density at radius 2 is 1.97 bits per heavy atom. The molecular weight excluding hydrogens is 450 g/mol. The Labute approximate surface area is 194 Å². The van der Waals surface area contributed by atoms with Gasteiger partial charge in [0.25, 0.3) is 0 Å². The number of amides is 1. The van der Waals surface area contributed by atoms with E-state index in [9.17, 15) is 13.2 Å². The number of nitrogens with one attached hydrogen (secondary N) is 2. The summed E-state index contributed by atoms with van der Waals surface area (Å²) in [5.74, 6) is 0.405. The maximum absolute atomic E-state index is 12.2. The number of benzene rings is 1. The first-order chi connectivity index (χ1) is 15.2. The topological polar surface area (TPSA) is 98.0 Å². The number of carbonyl (C=O) groups is 1. The van der Waals surface area contributed by atoms with Gasteiger partial charge in [0, 0.05) is 42.2 Å². The van der Waals surface area contributed by atoms with Crippen LogP contribution in [0.1, 0.15) is 50.3 Å². The maximum atomic E-state index is 12.2. The predicted molar refractivity (Wildman–Crippen MR) is 127 cm³/mol. The van der Waals surface area contributed by atoms with Crippen molar-refractivity contribution in [3.8, 4) is 5.82 Å². The lowest BCUT2D eigenvalue weighted by Gasteiger charge is -2.11. The van der Waals surface area contributed by atoms with Crippen molar-refractivity contribution >= 4 is 38.6 Å². The molecule has 0 spiro atoms. The molecule has 3 rings (SSSR count). The Morgan fingerprint density at radius 1 is 1.19 bits per heavy atom. The number of aromatic nitrogens is 3. The Kier molecular flexibility index (Phi) is 7.97. The fourth-order valence-electron chi connectivity index (χ4n) is 3.83. The minimum absolute atomic E-state index is 0.103. The molecule has 0 unspecified atom stereocenters. The van der Waals surface area contributed by atoms with Crippen molar-refractivity contribution in [2.75, 3.05) is 6.54 Å². The lowest BCUT2D eigenvalue weighted by atomic mass is 10.1. The summed E-state index contributed by atoms with van der Waals surface area (Å²) in [5.41, 5.74) is 2.91. The molecule has 2 heterocycles. The zero-order valence-electron chi connectivity index (χ0n) is 18.7. The summed E-state index contributed by atoms with van der Waals surface area (Å²) in [6.45, 7) is 4.30. The molecule has 0 saturated heterocycles. The van der Waals surface area contributed by atoms with Crippen LogP contribution in [0.3, 0.4) is 0 Å². The van der Waals surface area contributed by atoms with Crippen LogP contribution in [0.15, 0.2) is 30.5 Å². The van der Waals surface area contributed by atoms with E-state index in [0.717, 1.165) is 47.2 Å². The Bertz CT molecular complexity index is 1200. The molecule has 0 bridgehead atoms. The standard InChI is InChI=1S/C22H30ClN5O3S/c1-4-5-6-13-24-32(30,31)26-21(29)9-7-8-19-16(2)25-27(3)22(19)28-14-12-17-15-18(23)10-11-20(17)28/h10-12,14-15,24H,4-9,13H2,1-3H3,(H,26,29). The largest absolute Gasteiger partial charge is 0.301 e. The van der Waals surface area contributed by atoms with E-state index in [2.05, 4.69) is 19.1 Å². The summed E-state index contributed by atoms with van der Waals surface area (Å²) in [6.07, 6.45) is 5.86. The molecule has 3 aromatic rings. The van der Waals surface area contributed by atoms with E-state index in [1.807, 2.05) is 56.0 Å². The second kappa shape index (κ2) is 10.5. The Balaban J connectivity index is 1.66. The van der Waals surface area contributed by atoms with E-state index < -0.39 is 16.1 Å². The van der Waals surface area contributed by atoms with Gasteiger partial charge in [-0.15, -0.1) is 0 Å². The molecule has 10 heteroatoms. The molecule has 0 saturated carbocycles. The van der Waals surface area contributed by atoms with Crippen molar-refractivity contribution in [3.63, 3.8) is 0 Å². The first-order valence-corrected chi connectivity index (χ1v) is 12.7. The van der Waals surface area contributed by atoms with Crippen LogP contribution >= 0.6 is 11.6 Å². The van der Waals surface area contributed by atoms with Crippen LogP contribution in [-0.4, -0.2) is 35.2 Å². The maximum Gasteiger partial charge on any atom is 0.301 e. The van der Waals surface area contributed by atoms with Gasteiger partial charge in [0.15, 0.2) is 0 Å². The summed E-state index contributed by atoms with van der Waals surface area (Å²) >= 11 is 6.11. The highest BCUT2D eigenvalue weighted by Gasteiger charge is 2.18. The summed E-state index contributed by atoms with van der Waals surface area (Å²) in [5, 5.41) is 6.27. The minimum atomic E-state index is -3.81. The van der Waals surface area contributed by atoms with Gasteiger partial charge in [-0.25, -0.2) is 4.72 Å². The van der Waals surface area contributed by atoms with Crippen LogP contribution in [0.5, 0.6) is 0 Å². The predicted octanol–water partition coefficient (Wildman–Crippen LogP) is 3.79. The number of rotatable bonds is 11. The zero-order valence-corrected chi connectivity index (χ0v) is 20.3. The van der Waals surface area contributed by atoms with Crippen molar-refractivity contribution in [2.45, 2.75) is 52.4 Å². The van der Waals surface area contributed by atoms with Gasteiger partial charge in [-0.3, -0.25) is 9.48 Å². The van der Waals surface area contributed by atoms with Gasteiger partial charge in [-0.2, -0.15) is 18.2 Å². The van der Waals surface area contributed by atoms with Gasteiger partial charge in [0.05, 0.1) is 11.2 Å². The van der Waals surface area contributed by atoms with Crippen LogP contribution in [-0.2, 0) is 28.5 Å². The van der Waals surface area contributed by atoms with E-state index >= 15 is 0 Å². The molecule has 0 atom stereocenters. The van der Waals surface area contributed by atoms with Crippen molar-refractivity contribution in [1.29, 1.82) is 0 Å². The van der Waals surface area contributed by atoms with Gasteiger partial charge in [-0.1, -0.05) is 31.4 Å². The van der Waals surface area contributed by atoms with Gasteiger partial charge in [-0.05, 0) is 50.5 Å². The Morgan fingerprint density at radius 3 is 2.72 bits per heavy atom. The number of carbonyl (C=O) groups excluding carboxylic acids is 1. The normalized spacial score (nSPS) is 11.9. The van der Waals surface area contributed by atoms with Gasteiger partial charge < -0.3 is 4.57 Å². The van der Waals surface area contributed by atoms with Crippen LogP contribution < -0.4 is 9.44 Å². The third-order valence-corrected chi connectivity index (χ3v) is 6.66. The summed E-state index contributed by atoms with van der Waals surface area (Å²) in [6, 6.07) is 7.73. The first-order valence-electron chi connectivity index (χ1n) is 10.8. The van der Waals surface area contributed by atoms with Gasteiger partial charge >= 0.3 is 10.2 Å². The zero-order chi connectivity index (χ0) is 23.3. The molecule has 0 fully saturated rings. The van der Waals surface area contributed by atoms with E-state index in [1.165, 1.54) is 0 Å². The number of fused-ring (bicyclic) bond motifs is 1. The fraction of sp³-hybridized carbons (Fsp3) is 0.455. The molecule has 8 nitrogen and oxygen atoms in total. The van der Waals surface area contributed by atoms with E-state index in [-0.39, 0.29) is 6.42 Å². The lowest BCUT2D eigenvalue weighted by molar-refractivity contribution is -0.119. The molecule has 0 aliphatic carbocycles. The fourth-order valence-corrected chi connectivity index (χ4v) is 4.89. The van der Waals surface area contributed by atoms with E-state index in [0.29, 0.717) is 24.4 Å². The van der Waals surface area contributed by atoms with Crippen LogP contribution in [0.2, 0.25) is 5.02 Å². The highest BCUT2D eigenvalue weighted by molar-refractivity contribution is 7.88. The number of hydrogen-bond acceptors (Lipinski definition) is 4. The van der Waals surface area contributed by atoms with Crippen molar-refractivity contribution < 1.29 is 13.2 Å². The van der Waals surface area contributed by atoms with Crippen molar-refractivity contribution in [1.82, 2.24) is 23.8 Å². The highest BCUT2D eigenvalue weighted by atomic mass is 35.5. The molecule has 2 N–H and O–H groups in total. The molecule has 0 aliphatic heterocycles. The molecule has 0 radical (unpaired) electrons. The third-order valence-electron chi connectivity index (χ3n) is 5.34. The molecule has 174 valence electrons. The molecule has 0 aliphatic rings. The molecule has 32 heavy (non-hydrogen) atoms. The minimum Gasteiger partial charge on any atom is -0.301 e. The Hall–Kier alpha value is -2.36. The average Bonchev–Trinajstić information content (AvgIpc) is 3.24. The highest BCUT2D eigenvalue weighted by Crippen LogP contribution is 2.27. The smallest absolute Gasteiger partial charge is 0.301 e. The average molecular weight is 480 g/mol. The van der Waals surface area contributed by atoms with Crippen molar-refractivity contribution in [2.24, 2.45) is 7.05 Å². The van der Waals surface area contributed by atoms with Gasteiger partial charge in [0.1, 0.15) is 5.82 Å². The lowest BCUT2D eigenvalue weighted by Crippen LogP contribution is -2.40. The number of halogens is 1. The van der Waals surface area contributed by atoms with Crippen LogP contribution in [0.25, 0.3) is 16.7 Å². The van der Waals surface area contributed by atoms with Crippen LogP contribution in [0, 0.1) is 6.92 Å². The third kappa shape index (κ3) is 5.90. The first kappa shape index (κ1) is 24.3. The van der Waals surface area contributed by atoms with Gasteiger partial charge in [0.2, 0.25) is 5.91 Å². The summed E-state index contributed by atoms with van der Waals surface area (Å²) in [7, 11) is -1.93. The second-order valence-corrected chi connectivity index (χ2v) is 9.82. The van der Waals surface area contributed by atoms with E-state index in [1.54, 1.807) is 0 Å². The molecular formula is C22H30ClN5O3S. The van der Waals surface area contributed by atoms with Crippen molar-refractivity contribution in [3.05, 3.63) is 46.7 Å². The monoisotopic (exact) mass is 479 g/mol. The van der Waals surface area contributed by atoms with E-state index in [4.69, 9.17) is 11.6 Å². The number of unbranched alkanes of at least 4 members (excludes halogenated alkanes) is 2. The molecule has 1 aromatic carbocycles. The number of hydrogen-bond donors (Lipinski definition) is 2.